The number of hydrogen-bond acceptors (Lipinski definition) is 1. The average Bonchev–Trinajstić information content (AvgIpc) is 3.84. The Bertz CT molecular complexity index is 3070. The molecule has 3 heteroatoms. The summed E-state index contributed by atoms with van der Waals surface area (Å²) < 4.78 is 4.84. The van der Waals surface area contributed by atoms with E-state index in [1.54, 1.807) is 0 Å². The molecule has 3 nitrogen and oxygen atoms in total. The fraction of sp³-hybridized carbons (Fsp3) is 0.0204. The van der Waals surface area contributed by atoms with Crippen LogP contribution in [0.15, 0.2) is 182 Å². The Labute approximate surface area is 301 Å². The van der Waals surface area contributed by atoms with Crippen LogP contribution in [-0.2, 0) is 7.05 Å². The first-order chi connectivity index (χ1) is 25.7. The lowest BCUT2D eigenvalue weighted by molar-refractivity contribution is 1.01. The van der Waals surface area contributed by atoms with E-state index >= 15 is 0 Å². The van der Waals surface area contributed by atoms with Gasteiger partial charge in [-0.05, 0) is 70.8 Å². The minimum absolute atomic E-state index is 1.11. The molecular weight excluding hydrogens is 631 g/mol. The molecule has 0 atom stereocenters. The Hall–Kier alpha value is -6.84. The molecule has 244 valence electrons. The highest BCUT2D eigenvalue weighted by Crippen LogP contribution is 2.49. The van der Waals surface area contributed by atoms with E-state index in [4.69, 9.17) is 0 Å². The Balaban J connectivity index is 1.30. The van der Waals surface area contributed by atoms with Crippen LogP contribution in [0.2, 0.25) is 0 Å². The molecule has 52 heavy (non-hydrogen) atoms. The third-order valence-corrected chi connectivity index (χ3v) is 11.0. The Morgan fingerprint density at radius 1 is 0.365 bits per heavy atom. The maximum atomic E-state index is 2.52. The van der Waals surface area contributed by atoms with Gasteiger partial charge >= 0.3 is 0 Å². The van der Waals surface area contributed by atoms with Crippen molar-refractivity contribution in [2.45, 2.75) is 0 Å². The van der Waals surface area contributed by atoms with E-state index in [-0.39, 0.29) is 0 Å². The molecule has 0 aliphatic carbocycles. The van der Waals surface area contributed by atoms with Crippen LogP contribution in [-0.4, -0.2) is 8.97 Å². The number of hydrogen-bond donors (Lipinski definition) is 0. The second kappa shape index (κ2) is 11.1. The van der Waals surface area contributed by atoms with Crippen LogP contribution in [0.25, 0.3) is 82.2 Å². The van der Waals surface area contributed by atoms with Crippen LogP contribution in [0.1, 0.15) is 0 Å². The van der Waals surface area contributed by atoms with Crippen LogP contribution >= 0.6 is 0 Å². The van der Waals surface area contributed by atoms with E-state index in [0.717, 1.165) is 17.1 Å². The van der Waals surface area contributed by atoms with Crippen LogP contribution in [0.4, 0.5) is 17.1 Å². The van der Waals surface area contributed by atoms with Crippen LogP contribution in [0.3, 0.4) is 0 Å². The molecule has 0 unspecified atom stereocenters. The molecule has 0 saturated carbocycles. The van der Waals surface area contributed by atoms with Crippen molar-refractivity contribution >= 4 is 77.0 Å². The summed E-state index contributed by atoms with van der Waals surface area (Å²) in [4.78, 5) is 2.52. The van der Waals surface area contributed by atoms with Gasteiger partial charge < -0.3 is 13.9 Å². The number of aryl methyl sites for hydroxylation is 1. The zero-order valence-electron chi connectivity index (χ0n) is 28.7. The Morgan fingerprint density at radius 2 is 0.865 bits per heavy atom. The second-order valence-electron chi connectivity index (χ2n) is 13.8. The van der Waals surface area contributed by atoms with Gasteiger partial charge in [0, 0.05) is 50.6 Å². The highest BCUT2D eigenvalue weighted by Gasteiger charge is 2.25. The lowest BCUT2D eigenvalue weighted by Crippen LogP contribution is -2.12. The standard InChI is InChI=1S/C49H33N3/c1-50-42-24-10-8-19-37(42)40-22-13-28-46(49(40)50)51(36-30-34(32-15-4-2-5-16-32)29-35(31-36)33-17-6-3-7-18-33)44-26-14-27-45-47(44)41-23-12-21-39-38-20-9-11-25-43(38)52(45)48(39)41/h2-31H,1H3. The predicted octanol–water partition coefficient (Wildman–Crippen LogP) is 13.3. The van der Waals surface area contributed by atoms with Crippen molar-refractivity contribution in [3.8, 4) is 22.3 Å². The second-order valence-corrected chi connectivity index (χ2v) is 13.8. The van der Waals surface area contributed by atoms with Gasteiger partial charge in [0.15, 0.2) is 0 Å². The van der Waals surface area contributed by atoms with Crippen molar-refractivity contribution in [1.82, 2.24) is 8.97 Å². The molecule has 3 heterocycles. The minimum Gasteiger partial charge on any atom is -0.342 e. The van der Waals surface area contributed by atoms with Gasteiger partial charge in [-0.3, -0.25) is 0 Å². The van der Waals surface area contributed by atoms with Gasteiger partial charge in [0.1, 0.15) is 0 Å². The van der Waals surface area contributed by atoms with E-state index in [0.29, 0.717) is 0 Å². The van der Waals surface area contributed by atoms with Crippen LogP contribution in [0, 0.1) is 0 Å². The van der Waals surface area contributed by atoms with Crippen molar-refractivity contribution in [1.29, 1.82) is 0 Å². The van der Waals surface area contributed by atoms with Gasteiger partial charge in [0.2, 0.25) is 0 Å². The molecule has 0 saturated heterocycles. The normalized spacial score (nSPS) is 11.9. The molecule has 0 amide bonds. The molecule has 0 spiro atoms. The molecule has 0 aliphatic rings. The van der Waals surface area contributed by atoms with Gasteiger partial charge in [0.25, 0.3) is 0 Å². The van der Waals surface area contributed by atoms with Crippen molar-refractivity contribution in [3.05, 3.63) is 182 Å². The molecule has 0 radical (unpaired) electrons. The van der Waals surface area contributed by atoms with Gasteiger partial charge in [-0.2, -0.15) is 0 Å². The van der Waals surface area contributed by atoms with E-state index in [1.165, 1.54) is 82.2 Å². The third kappa shape index (κ3) is 4.08. The molecule has 0 fully saturated rings. The highest BCUT2D eigenvalue weighted by molar-refractivity contribution is 6.26. The topological polar surface area (TPSA) is 12.6 Å². The summed E-state index contributed by atoms with van der Waals surface area (Å²) in [6, 6.07) is 66.6. The molecule has 0 N–H and O–H groups in total. The first kappa shape index (κ1) is 28.9. The number of aromatic nitrogens is 2. The van der Waals surface area contributed by atoms with E-state index in [2.05, 4.69) is 203 Å². The fourth-order valence-corrected chi connectivity index (χ4v) is 8.79. The molecule has 11 aromatic rings. The number of para-hydroxylation sites is 4. The van der Waals surface area contributed by atoms with Gasteiger partial charge in [-0.25, -0.2) is 0 Å². The minimum atomic E-state index is 1.11. The summed E-state index contributed by atoms with van der Waals surface area (Å²) in [5.74, 6) is 0. The third-order valence-electron chi connectivity index (χ3n) is 11.0. The average molecular weight is 664 g/mol. The summed E-state index contributed by atoms with van der Waals surface area (Å²) in [6.45, 7) is 0. The lowest BCUT2D eigenvalue weighted by atomic mass is 9.97. The maximum absolute atomic E-state index is 2.52. The van der Waals surface area contributed by atoms with Crippen LogP contribution < -0.4 is 4.90 Å². The van der Waals surface area contributed by atoms with E-state index < -0.39 is 0 Å². The van der Waals surface area contributed by atoms with E-state index in [9.17, 15) is 0 Å². The Morgan fingerprint density at radius 3 is 1.58 bits per heavy atom. The van der Waals surface area contributed by atoms with Crippen molar-refractivity contribution < 1.29 is 0 Å². The summed E-state index contributed by atoms with van der Waals surface area (Å²) >= 11 is 0. The van der Waals surface area contributed by atoms with Gasteiger partial charge in [0.05, 0.1) is 33.4 Å². The number of fused-ring (bicyclic) bond motifs is 9. The van der Waals surface area contributed by atoms with Crippen LogP contribution in [0.5, 0.6) is 0 Å². The maximum Gasteiger partial charge on any atom is 0.0733 e. The first-order valence-electron chi connectivity index (χ1n) is 17.9. The summed E-state index contributed by atoms with van der Waals surface area (Å²) in [7, 11) is 2.20. The zero-order chi connectivity index (χ0) is 34.3. The predicted molar refractivity (Wildman–Crippen MR) is 221 cm³/mol. The SMILES string of the molecule is Cn1c2ccccc2c2cccc(N(c3cc(-c4ccccc4)cc(-c4ccccc4)c3)c3cccc4c3c3cccc5c6ccccc6n4c53)c21. The Kier molecular flexibility index (Phi) is 6.17. The number of benzene rings is 8. The molecule has 11 rings (SSSR count). The summed E-state index contributed by atoms with van der Waals surface area (Å²) in [5, 5.41) is 7.59. The number of nitrogens with zero attached hydrogens (tertiary/aromatic N) is 3. The molecule has 8 aromatic carbocycles. The highest BCUT2D eigenvalue weighted by atomic mass is 15.2. The quantitative estimate of drug-likeness (QED) is 0.179. The number of rotatable bonds is 5. The van der Waals surface area contributed by atoms with Crippen molar-refractivity contribution in [2.75, 3.05) is 4.90 Å². The zero-order valence-corrected chi connectivity index (χ0v) is 28.7. The number of anilines is 3. The van der Waals surface area contributed by atoms with Gasteiger partial charge in [-0.1, -0.05) is 133 Å². The molecule has 0 bridgehead atoms. The molecular formula is C49H33N3. The molecule has 0 aliphatic heterocycles. The largest absolute Gasteiger partial charge is 0.342 e. The summed E-state index contributed by atoms with van der Waals surface area (Å²) in [5.41, 5.74) is 14.3. The summed E-state index contributed by atoms with van der Waals surface area (Å²) in [6.07, 6.45) is 0. The smallest absolute Gasteiger partial charge is 0.0733 e. The molecule has 3 aromatic heterocycles. The van der Waals surface area contributed by atoms with E-state index in [1.807, 2.05) is 0 Å². The monoisotopic (exact) mass is 663 g/mol. The van der Waals surface area contributed by atoms with Gasteiger partial charge in [-0.15, -0.1) is 0 Å². The first-order valence-corrected chi connectivity index (χ1v) is 17.9. The fourth-order valence-electron chi connectivity index (χ4n) is 8.79. The van der Waals surface area contributed by atoms with Crippen molar-refractivity contribution in [3.63, 3.8) is 0 Å². The lowest BCUT2D eigenvalue weighted by Gasteiger charge is -2.29. The van der Waals surface area contributed by atoms with Crippen molar-refractivity contribution in [2.24, 2.45) is 7.05 Å².